The predicted octanol–water partition coefficient (Wildman–Crippen LogP) is 3.92. The molecule has 0 aliphatic rings. The van der Waals surface area contributed by atoms with Gasteiger partial charge in [0, 0.05) is 27.4 Å². The van der Waals surface area contributed by atoms with Gasteiger partial charge in [0.25, 0.3) is 0 Å². The van der Waals surface area contributed by atoms with Crippen LogP contribution in [-0.4, -0.2) is 34.0 Å². The number of nitrogens with zero attached hydrogens (tertiary/aromatic N) is 6. The number of aromatic nitrogens is 7. The molecule has 35 heavy (non-hydrogen) atoms. The third-order valence-corrected chi connectivity index (χ3v) is 6.22. The van der Waals surface area contributed by atoms with Crippen LogP contribution in [0.4, 0.5) is 0 Å². The van der Waals surface area contributed by atoms with Crippen molar-refractivity contribution in [3.05, 3.63) is 110 Å². The van der Waals surface area contributed by atoms with E-state index in [0.29, 0.717) is 21.3 Å². The molecule has 6 rings (SSSR count). The Labute approximate surface area is 206 Å². The van der Waals surface area contributed by atoms with E-state index in [1.807, 2.05) is 24.3 Å². The summed E-state index contributed by atoms with van der Waals surface area (Å²) < 4.78 is 4.00. The Morgan fingerprint density at radius 1 is 0.886 bits per heavy atom. The Hall–Kier alpha value is -4.21. The Balaban J connectivity index is 1.54. The van der Waals surface area contributed by atoms with Crippen molar-refractivity contribution in [2.24, 2.45) is 0 Å². The van der Waals surface area contributed by atoms with E-state index in [4.69, 9.17) is 23.2 Å². The molecule has 0 bridgehead atoms. The fraction of sp³-hybridized carbons (Fsp3) is 0.0417. The maximum Gasteiger partial charge on any atom is 0.367 e. The van der Waals surface area contributed by atoms with Crippen molar-refractivity contribution in [1.29, 1.82) is 0 Å². The number of halogens is 2. The van der Waals surface area contributed by atoms with Crippen molar-refractivity contribution >= 4 is 34.5 Å². The molecule has 4 aromatic heterocycles. The van der Waals surface area contributed by atoms with Crippen LogP contribution in [0.15, 0.2) is 82.6 Å². The Kier molecular flexibility index (Phi) is 5.01. The Bertz CT molecular complexity index is 1830. The monoisotopic (exact) mass is 503 g/mol. The SMILES string of the molecule is O=c1[nH]nc2cc(Cn3nc4c(-c5ccc(Cl)cc5)c(-c5ccc(Cl)cc5)cnn4c3=O)ccn12. The number of H-pyrrole nitrogens is 1. The van der Waals surface area contributed by atoms with E-state index in [2.05, 4.69) is 20.4 Å². The van der Waals surface area contributed by atoms with E-state index in [1.165, 1.54) is 13.6 Å². The summed E-state index contributed by atoms with van der Waals surface area (Å²) in [5, 5.41) is 16.6. The van der Waals surface area contributed by atoms with Crippen LogP contribution in [0.5, 0.6) is 0 Å². The summed E-state index contributed by atoms with van der Waals surface area (Å²) in [7, 11) is 0. The normalized spacial score (nSPS) is 11.5. The molecule has 1 N–H and O–H groups in total. The van der Waals surface area contributed by atoms with Crippen molar-refractivity contribution in [1.82, 2.24) is 34.0 Å². The maximum absolute atomic E-state index is 13.2. The van der Waals surface area contributed by atoms with Crippen LogP contribution in [0.3, 0.4) is 0 Å². The molecule has 0 saturated carbocycles. The molecule has 0 unspecified atom stereocenters. The highest BCUT2D eigenvalue weighted by atomic mass is 35.5. The smallest absolute Gasteiger partial charge is 0.250 e. The maximum atomic E-state index is 13.2. The molecule has 9 nitrogen and oxygen atoms in total. The minimum Gasteiger partial charge on any atom is -0.250 e. The van der Waals surface area contributed by atoms with Crippen LogP contribution in [0, 0.1) is 0 Å². The third-order valence-electron chi connectivity index (χ3n) is 5.72. The first-order chi connectivity index (χ1) is 17.0. The van der Waals surface area contributed by atoms with Gasteiger partial charge in [-0.25, -0.2) is 19.4 Å². The predicted molar refractivity (Wildman–Crippen MR) is 133 cm³/mol. The molecule has 4 heterocycles. The minimum absolute atomic E-state index is 0.177. The lowest BCUT2D eigenvalue weighted by Crippen LogP contribution is -2.23. The van der Waals surface area contributed by atoms with Gasteiger partial charge in [0.15, 0.2) is 11.3 Å². The highest BCUT2D eigenvalue weighted by molar-refractivity contribution is 6.31. The van der Waals surface area contributed by atoms with Gasteiger partial charge in [-0.1, -0.05) is 47.5 Å². The van der Waals surface area contributed by atoms with Crippen LogP contribution >= 0.6 is 23.2 Å². The average Bonchev–Trinajstić information content (AvgIpc) is 3.39. The summed E-state index contributed by atoms with van der Waals surface area (Å²) in [6, 6.07) is 18.2. The molecule has 172 valence electrons. The first kappa shape index (κ1) is 21.3. The quantitative estimate of drug-likeness (QED) is 0.392. The van der Waals surface area contributed by atoms with Gasteiger partial charge in [0.1, 0.15) is 0 Å². The van der Waals surface area contributed by atoms with Crippen LogP contribution in [0.1, 0.15) is 5.56 Å². The molecule has 11 heteroatoms. The first-order valence-electron chi connectivity index (χ1n) is 10.5. The van der Waals surface area contributed by atoms with Gasteiger partial charge in [0.05, 0.1) is 12.7 Å². The first-order valence-corrected chi connectivity index (χ1v) is 11.3. The van der Waals surface area contributed by atoms with Crippen LogP contribution in [-0.2, 0) is 6.54 Å². The number of fused-ring (bicyclic) bond motifs is 2. The van der Waals surface area contributed by atoms with E-state index in [9.17, 15) is 9.59 Å². The summed E-state index contributed by atoms with van der Waals surface area (Å²) in [5.41, 5.74) is 4.14. The lowest BCUT2D eigenvalue weighted by Gasteiger charge is -2.11. The lowest BCUT2D eigenvalue weighted by atomic mass is 9.97. The molecule has 6 aromatic rings. The minimum atomic E-state index is -0.392. The fourth-order valence-corrected chi connectivity index (χ4v) is 4.28. The van der Waals surface area contributed by atoms with Crippen molar-refractivity contribution in [3.8, 4) is 22.3 Å². The Morgan fingerprint density at radius 2 is 1.57 bits per heavy atom. The largest absolute Gasteiger partial charge is 0.367 e. The molecule has 0 amide bonds. The molecular formula is C24H15Cl2N7O2. The van der Waals surface area contributed by atoms with Gasteiger partial charge in [-0.2, -0.15) is 14.7 Å². The number of hydrogen-bond donors (Lipinski definition) is 1. The zero-order valence-electron chi connectivity index (χ0n) is 17.9. The molecule has 0 radical (unpaired) electrons. The molecule has 0 aliphatic carbocycles. The summed E-state index contributed by atoms with van der Waals surface area (Å²) >= 11 is 12.2. The number of hydrogen-bond acceptors (Lipinski definition) is 5. The van der Waals surface area contributed by atoms with E-state index in [1.54, 1.807) is 48.8 Å². The Morgan fingerprint density at radius 3 is 2.29 bits per heavy atom. The van der Waals surface area contributed by atoms with Crippen molar-refractivity contribution in [2.45, 2.75) is 6.54 Å². The topological polar surface area (TPSA) is 102 Å². The summed E-state index contributed by atoms with van der Waals surface area (Å²) in [6.07, 6.45) is 3.25. The van der Waals surface area contributed by atoms with E-state index in [-0.39, 0.29) is 12.2 Å². The van der Waals surface area contributed by atoms with Crippen molar-refractivity contribution in [2.75, 3.05) is 0 Å². The molecule has 0 saturated heterocycles. The number of aromatic amines is 1. The second-order valence-electron chi connectivity index (χ2n) is 7.91. The van der Waals surface area contributed by atoms with E-state index in [0.717, 1.165) is 27.8 Å². The second-order valence-corrected chi connectivity index (χ2v) is 8.79. The summed E-state index contributed by atoms with van der Waals surface area (Å²) in [6.45, 7) is 0.177. The van der Waals surface area contributed by atoms with Gasteiger partial charge in [-0.05, 0) is 53.1 Å². The molecule has 2 aromatic carbocycles. The molecule has 0 spiro atoms. The van der Waals surface area contributed by atoms with Gasteiger partial charge in [0.2, 0.25) is 0 Å². The number of nitrogens with one attached hydrogen (secondary N) is 1. The summed E-state index contributed by atoms with van der Waals surface area (Å²) in [5.74, 6) is 0. The standard InChI is InChI=1S/C24H15Cl2N7O2/c25-17-5-1-15(2-6-17)19-12-27-33-22(21(19)16-3-7-18(26)8-4-16)30-32(24(33)35)13-14-9-10-31-20(11-14)28-29-23(31)34/h1-12H,13H2,(H,29,34). The van der Waals surface area contributed by atoms with Gasteiger partial charge in [-0.15, -0.1) is 5.10 Å². The molecule has 0 atom stereocenters. The van der Waals surface area contributed by atoms with Gasteiger partial charge in [-0.3, -0.25) is 4.40 Å². The molecule has 0 aliphatic heterocycles. The van der Waals surface area contributed by atoms with Crippen LogP contribution in [0.25, 0.3) is 33.5 Å². The van der Waals surface area contributed by atoms with Crippen molar-refractivity contribution in [3.63, 3.8) is 0 Å². The average molecular weight is 504 g/mol. The zero-order chi connectivity index (χ0) is 24.1. The van der Waals surface area contributed by atoms with Gasteiger partial charge < -0.3 is 0 Å². The molecule has 0 fully saturated rings. The van der Waals surface area contributed by atoms with Crippen LogP contribution in [0.2, 0.25) is 10.0 Å². The number of rotatable bonds is 4. The van der Waals surface area contributed by atoms with Crippen LogP contribution < -0.4 is 11.4 Å². The van der Waals surface area contributed by atoms with E-state index >= 15 is 0 Å². The highest BCUT2D eigenvalue weighted by Crippen LogP contribution is 2.35. The number of pyridine rings is 1. The second kappa shape index (κ2) is 8.23. The van der Waals surface area contributed by atoms with Crippen molar-refractivity contribution < 1.29 is 0 Å². The zero-order valence-corrected chi connectivity index (χ0v) is 19.4. The highest BCUT2D eigenvalue weighted by Gasteiger charge is 2.19. The molecular weight excluding hydrogens is 489 g/mol. The third kappa shape index (κ3) is 3.71. The lowest BCUT2D eigenvalue weighted by molar-refractivity contribution is 0.650. The van der Waals surface area contributed by atoms with Gasteiger partial charge >= 0.3 is 11.4 Å². The fourth-order valence-electron chi connectivity index (χ4n) is 4.03. The number of benzene rings is 2. The van der Waals surface area contributed by atoms with E-state index < -0.39 is 5.69 Å². The summed E-state index contributed by atoms with van der Waals surface area (Å²) in [4.78, 5) is 24.9.